The number of benzene rings is 2. The Labute approximate surface area is 146 Å². The monoisotopic (exact) mass is 388 g/mol. The molecular formula is C20H17FO2Se. The number of carbonyl (C=O) groups is 1. The molecule has 3 rings (SSSR count). The number of ketones is 1. The van der Waals surface area contributed by atoms with E-state index in [1.54, 1.807) is 19.2 Å². The number of halogens is 1. The summed E-state index contributed by atoms with van der Waals surface area (Å²) in [5, 5.41) is 0. The molecule has 0 amide bonds. The Kier molecular flexibility index (Phi) is 4.70. The molecule has 2 nitrogen and oxygen atoms in total. The summed E-state index contributed by atoms with van der Waals surface area (Å²) in [6.45, 7) is 3.86. The Morgan fingerprint density at radius 1 is 1.00 bits per heavy atom. The van der Waals surface area contributed by atoms with E-state index in [2.05, 4.69) is 0 Å². The van der Waals surface area contributed by atoms with Crippen molar-refractivity contribution in [3.8, 4) is 15.8 Å². The van der Waals surface area contributed by atoms with Gasteiger partial charge in [0.15, 0.2) is 0 Å². The van der Waals surface area contributed by atoms with Crippen LogP contribution >= 0.6 is 0 Å². The molecule has 0 bridgehead atoms. The quantitative estimate of drug-likeness (QED) is 0.490. The van der Waals surface area contributed by atoms with Crippen molar-refractivity contribution in [2.45, 2.75) is 13.8 Å². The number of methoxy groups -OCH3 is 1. The van der Waals surface area contributed by atoms with Crippen LogP contribution in [0.1, 0.15) is 25.9 Å². The van der Waals surface area contributed by atoms with Gasteiger partial charge in [0.25, 0.3) is 0 Å². The number of rotatable bonds is 4. The van der Waals surface area contributed by atoms with Gasteiger partial charge in [-0.05, 0) is 0 Å². The van der Waals surface area contributed by atoms with Crippen LogP contribution in [-0.2, 0) is 0 Å². The van der Waals surface area contributed by atoms with Gasteiger partial charge in [0.05, 0.1) is 0 Å². The Balaban J connectivity index is 1.94. The van der Waals surface area contributed by atoms with Crippen LogP contribution < -0.4 is 4.74 Å². The fraction of sp³-hybridized carbons (Fsp3) is 0.150. The molecule has 3 aromatic rings. The Morgan fingerprint density at radius 2 is 1.71 bits per heavy atom. The van der Waals surface area contributed by atoms with E-state index in [4.69, 9.17) is 4.74 Å². The van der Waals surface area contributed by atoms with Gasteiger partial charge < -0.3 is 0 Å². The van der Waals surface area contributed by atoms with Crippen LogP contribution in [0, 0.1) is 19.7 Å². The molecule has 2 aromatic carbocycles. The first-order valence-electron chi connectivity index (χ1n) is 7.55. The average molecular weight is 387 g/mol. The van der Waals surface area contributed by atoms with Crippen molar-refractivity contribution in [3.05, 3.63) is 75.5 Å². The van der Waals surface area contributed by atoms with Gasteiger partial charge in [-0.25, -0.2) is 0 Å². The predicted molar refractivity (Wildman–Crippen MR) is 94.7 cm³/mol. The Hall–Kier alpha value is -2.16. The molecule has 0 aliphatic heterocycles. The van der Waals surface area contributed by atoms with E-state index >= 15 is 0 Å². The molecule has 0 fully saturated rings. The van der Waals surface area contributed by atoms with Crippen LogP contribution in [0.2, 0.25) is 0 Å². The van der Waals surface area contributed by atoms with Crippen LogP contribution in [0.3, 0.4) is 0 Å². The second-order valence-corrected chi connectivity index (χ2v) is 7.91. The van der Waals surface area contributed by atoms with Crippen LogP contribution in [0.25, 0.3) is 10.0 Å². The zero-order valence-corrected chi connectivity index (χ0v) is 15.4. The van der Waals surface area contributed by atoms with Gasteiger partial charge in [-0.3, -0.25) is 0 Å². The predicted octanol–water partition coefficient (Wildman–Crippen LogP) is 4.41. The third kappa shape index (κ3) is 3.21. The van der Waals surface area contributed by atoms with Crippen molar-refractivity contribution in [3.63, 3.8) is 0 Å². The van der Waals surface area contributed by atoms with E-state index in [0.29, 0.717) is 0 Å². The summed E-state index contributed by atoms with van der Waals surface area (Å²) >= 11 is -0.0742. The first-order valence-corrected chi connectivity index (χ1v) is 9.26. The van der Waals surface area contributed by atoms with Gasteiger partial charge in [0.1, 0.15) is 0 Å². The number of carbonyl (C=O) groups excluding carboxylic acids is 1. The maximum absolute atomic E-state index is 13.1. The fourth-order valence-corrected chi connectivity index (χ4v) is 4.64. The van der Waals surface area contributed by atoms with Crippen LogP contribution in [-0.4, -0.2) is 27.4 Å². The second kappa shape index (κ2) is 6.76. The topological polar surface area (TPSA) is 26.3 Å². The molecule has 1 heterocycles. The molecule has 0 radical (unpaired) electrons. The van der Waals surface area contributed by atoms with Crippen molar-refractivity contribution in [1.82, 2.24) is 0 Å². The Morgan fingerprint density at radius 3 is 2.38 bits per heavy atom. The summed E-state index contributed by atoms with van der Waals surface area (Å²) in [7, 11) is 1.63. The Bertz CT molecular complexity index is 895. The zero-order valence-electron chi connectivity index (χ0n) is 13.7. The summed E-state index contributed by atoms with van der Waals surface area (Å²) in [5.74, 6) is 0.602. The molecule has 0 aliphatic rings. The van der Waals surface area contributed by atoms with Crippen LogP contribution in [0.15, 0.2) is 48.5 Å². The number of ether oxygens (including phenoxy) is 1. The second-order valence-electron chi connectivity index (χ2n) is 5.64. The van der Waals surface area contributed by atoms with Gasteiger partial charge in [-0.1, -0.05) is 0 Å². The van der Waals surface area contributed by atoms with Gasteiger partial charge in [-0.15, -0.1) is 0 Å². The molecule has 0 saturated carbocycles. The number of hydrogen-bond acceptors (Lipinski definition) is 2. The minimum absolute atomic E-state index is 0.0617. The van der Waals surface area contributed by atoms with Gasteiger partial charge in [-0.2, -0.15) is 0 Å². The molecule has 0 saturated heterocycles. The third-order valence-electron chi connectivity index (χ3n) is 3.95. The first-order chi connectivity index (χ1) is 11.5. The molecule has 0 aliphatic carbocycles. The minimum atomic E-state index is -0.251. The van der Waals surface area contributed by atoms with Crippen molar-refractivity contribution >= 4 is 20.3 Å². The zero-order chi connectivity index (χ0) is 17.3. The van der Waals surface area contributed by atoms with Crippen molar-refractivity contribution in [1.29, 1.82) is 0 Å². The molecule has 4 heteroatoms. The van der Waals surface area contributed by atoms with E-state index in [-0.39, 0.29) is 26.1 Å². The van der Waals surface area contributed by atoms with Crippen molar-refractivity contribution in [2.24, 2.45) is 0 Å². The molecule has 0 unspecified atom stereocenters. The van der Waals surface area contributed by atoms with E-state index in [9.17, 15) is 9.18 Å². The fourth-order valence-electron chi connectivity index (χ4n) is 2.62. The van der Waals surface area contributed by atoms with E-state index < -0.39 is 0 Å². The van der Waals surface area contributed by atoms with Crippen LogP contribution in [0.5, 0.6) is 5.75 Å². The summed E-state index contributed by atoms with van der Waals surface area (Å²) in [5.41, 5.74) is 3.55. The average Bonchev–Trinajstić information content (AvgIpc) is 3.06. The number of aryl methyl sites for hydroxylation is 2. The van der Waals surface area contributed by atoms with Gasteiger partial charge in [0, 0.05) is 0 Å². The van der Waals surface area contributed by atoms with Gasteiger partial charge >= 0.3 is 146 Å². The SMILES string of the molecule is COc1cc(C)c(C(=O)c2ccc(-c3ccc(F)cc3)[se]2)cc1C. The summed E-state index contributed by atoms with van der Waals surface area (Å²) in [4.78, 5) is 12.9. The standard InChI is InChI=1S/C20H17FO2Se/c1-12-11-17(23-3)13(2)10-16(12)20(22)19-9-8-18(24-19)14-4-6-15(21)7-5-14/h4-11H,1-3H3. The van der Waals surface area contributed by atoms with Crippen molar-refractivity contribution < 1.29 is 13.9 Å². The number of hydrogen-bond donors (Lipinski definition) is 0. The normalized spacial score (nSPS) is 10.7. The molecule has 0 N–H and O–H groups in total. The molecule has 0 spiro atoms. The molecule has 1 aromatic heterocycles. The molecule has 24 heavy (non-hydrogen) atoms. The van der Waals surface area contributed by atoms with Gasteiger partial charge in [0.2, 0.25) is 0 Å². The third-order valence-corrected chi connectivity index (χ3v) is 6.32. The molecular weight excluding hydrogens is 370 g/mol. The van der Waals surface area contributed by atoms with E-state index in [1.807, 2.05) is 38.1 Å². The van der Waals surface area contributed by atoms with Crippen LogP contribution in [0.4, 0.5) is 4.39 Å². The summed E-state index contributed by atoms with van der Waals surface area (Å²) < 4.78 is 20.3. The summed E-state index contributed by atoms with van der Waals surface area (Å²) in [6, 6.07) is 14.1. The van der Waals surface area contributed by atoms with E-state index in [1.165, 1.54) is 12.1 Å². The maximum atomic E-state index is 13.1. The molecule has 0 atom stereocenters. The first kappa shape index (κ1) is 16.7. The molecule has 122 valence electrons. The van der Waals surface area contributed by atoms with Crippen molar-refractivity contribution in [2.75, 3.05) is 7.11 Å². The van der Waals surface area contributed by atoms with E-state index in [0.717, 1.165) is 36.9 Å². The summed E-state index contributed by atoms with van der Waals surface area (Å²) in [6.07, 6.45) is 0.